The Morgan fingerprint density at radius 3 is 2.21 bits per heavy atom. The Hall–Kier alpha value is -1.94. The molecule has 34 heavy (non-hydrogen) atoms. The fourth-order valence-corrected chi connectivity index (χ4v) is 4.49. The first-order chi connectivity index (χ1) is 15.4. The molecule has 1 aliphatic heterocycles. The molecule has 1 heterocycles. The largest absolute Gasteiger partial charge is 0.460 e. The molecule has 0 aromatic rings. The van der Waals surface area contributed by atoms with Gasteiger partial charge < -0.3 is 9.47 Å². The Kier molecular flexibility index (Phi) is 8.62. The third-order valence-electron chi connectivity index (χ3n) is 6.16. The summed E-state index contributed by atoms with van der Waals surface area (Å²) >= 11 is 0. The second kappa shape index (κ2) is 10.4. The van der Waals surface area contributed by atoms with Gasteiger partial charge in [0.15, 0.2) is 0 Å². The van der Waals surface area contributed by atoms with E-state index in [9.17, 15) is 36.3 Å². The smallest absolute Gasteiger partial charge is 0.416 e. The van der Waals surface area contributed by atoms with Crippen LogP contribution < -0.4 is 0 Å². The normalized spacial score (nSPS) is 22.9. The quantitative estimate of drug-likeness (QED) is 0.299. The number of nitrogens with zero attached hydrogens (tertiary/aromatic N) is 1. The van der Waals surface area contributed by atoms with Crippen molar-refractivity contribution in [2.24, 2.45) is 23.7 Å². The van der Waals surface area contributed by atoms with E-state index in [2.05, 4.69) is 0 Å². The number of alkyl halides is 5. The van der Waals surface area contributed by atoms with Crippen molar-refractivity contribution in [2.75, 3.05) is 6.61 Å². The van der Waals surface area contributed by atoms with Crippen LogP contribution in [0.4, 0.5) is 26.7 Å². The fourth-order valence-electron chi connectivity index (χ4n) is 4.49. The first-order valence-electron chi connectivity index (χ1n) is 11.6. The Morgan fingerprint density at radius 1 is 1.15 bits per heavy atom. The number of imide groups is 1. The van der Waals surface area contributed by atoms with Gasteiger partial charge in [-0.2, -0.15) is 13.2 Å². The maximum atomic E-state index is 13.5. The van der Waals surface area contributed by atoms with Crippen LogP contribution in [0.2, 0.25) is 0 Å². The molecule has 2 rings (SSSR count). The second-order valence-electron chi connectivity index (χ2n) is 10.7. The molecule has 2 aliphatic rings. The van der Waals surface area contributed by atoms with E-state index < -0.39 is 85.1 Å². The van der Waals surface area contributed by atoms with E-state index in [1.165, 1.54) is 0 Å². The summed E-state index contributed by atoms with van der Waals surface area (Å²) < 4.78 is 75.9. The van der Waals surface area contributed by atoms with Crippen molar-refractivity contribution >= 4 is 18.0 Å². The molecule has 0 bridgehead atoms. The number of carbonyl (C=O) groups is 3. The van der Waals surface area contributed by atoms with Crippen molar-refractivity contribution < 1.29 is 45.8 Å². The summed E-state index contributed by atoms with van der Waals surface area (Å²) in [6.07, 6.45) is -8.48. The van der Waals surface area contributed by atoms with Crippen LogP contribution in [0.15, 0.2) is 0 Å². The van der Waals surface area contributed by atoms with E-state index in [0.29, 0.717) is 0 Å². The number of rotatable bonds is 9. The molecule has 0 aromatic heterocycles. The van der Waals surface area contributed by atoms with Gasteiger partial charge in [0.05, 0.1) is 17.9 Å². The second-order valence-corrected chi connectivity index (χ2v) is 10.7. The number of esters is 1. The number of hydrogen-bond donors (Lipinski definition) is 0. The number of amides is 2. The summed E-state index contributed by atoms with van der Waals surface area (Å²) in [5, 5.41) is 0. The SMILES string of the molecule is CC(C)[C@H]1COC(=O)N1C(=O)[C@H](CCCC(F)(F)F)[C@H](CC1CC(F)(F)C1)C(=O)OC(C)(C)C. The van der Waals surface area contributed by atoms with Crippen LogP contribution in [0.1, 0.15) is 73.1 Å². The molecule has 2 amide bonds. The number of ether oxygens (including phenoxy) is 2. The first kappa shape index (κ1) is 28.3. The van der Waals surface area contributed by atoms with Gasteiger partial charge >= 0.3 is 18.2 Å². The molecule has 1 aliphatic carbocycles. The summed E-state index contributed by atoms with van der Waals surface area (Å²) in [5.74, 6) is -7.93. The number of hydrogen-bond acceptors (Lipinski definition) is 5. The molecule has 0 aromatic carbocycles. The molecule has 0 spiro atoms. The third kappa shape index (κ3) is 7.80. The monoisotopic (exact) mass is 499 g/mol. The molecule has 1 saturated carbocycles. The van der Waals surface area contributed by atoms with Gasteiger partial charge in [-0.1, -0.05) is 13.8 Å². The minimum atomic E-state index is -4.47. The Labute approximate surface area is 196 Å². The van der Waals surface area contributed by atoms with E-state index in [-0.39, 0.29) is 25.4 Å². The van der Waals surface area contributed by atoms with Crippen LogP contribution in [0, 0.1) is 23.7 Å². The zero-order valence-electron chi connectivity index (χ0n) is 20.2. The molecule has 6 nitrogen and oxygen atoms in total. The molecule has 3 atom stereocenters. The molecule has 1 saturated heterocycles. The lowest BCUT2D eigenvalue weighted by atomic mass is 9.72. The third-order valence-corrected chi connectivity index (χ3v) is 6.16. The van der Waals surface area contributed by atoms with Crippen LogP contribution in [-0.2, 0) is 19.1 Å². The Bertz CT molecular complexity index is 754. The van der Waals surface area contributed by atoms with Gasteiger partial charge in [0.25, 0.3) is 0 Å². The average Bonchev–Trinajstić information content (AvgIpc) is 3.01. The highest BCUT2D eigenvalue weighted by Crippen LogP contribution is 2.47. The van der Waals surface area contributed by atoms with Crippen molar-refractivity contribution in [2.45, 2.75) is 96.9 Å². The van der Waals surface area contributed by atoms with Crippen molar-refractivity contribution in [3.63, 3.8) is 0 Å². The van der Waals surface area contributed by atoms with Crippen LogP contribution in [-0.4, -0.2) is 53.2 Å². The van der Waals surface area contributed by atoms with Crippen molar-refractivity contribution in [1.82, 2.24) is 4.90 Å². The maximum Gasteiger partial charge on any atom is 0.416 e. The van der Waals surface area contributed by atoms with Gasteiger partial charge in [0, 0.05) is 19.3 Å². The average molecular weight is 500 g/mol. The van der Waals surface area contributed by atoms with Gasteiger partial charge in [-0.3, -0.25) is 9.59 Å². The van der Waals surface area contributed by atoms with Gasteiger partial charge in [0.2, 0.25) is 11.8 Å². The summed E-state index contributed by atoms with van der Waals surface area (Å²) in [4.78, 5) is 39.9. The van der Waals surface area contributed by atoms with E-state index in [1.807, 2.05) is 0 Å². The van der Waals surface area contributed by atoms with Gasteiger partial charge in [-0.25, -0.2) is 18.5 Å². The van der Waals surface area contributed by atoms with Crippen LogP contribution in [0.3, 0.4) is 0 Å². The van der Waals surface area contributed by atoms with E-state index in [1.54, 1.807) is 34.6 Å². The maximum absolute atomic E-state index is 13.5. The zero-order valence-corrected chi connectivity index (χ0v) is 20.2. The minimum absolute atomic E-state index is 0.0660. The van der Waals surface area contributed by atoms with E-state index in [0.717, 1.165) is 4.90 Å². The molecular weight excluding hydrogens is 465 g/mol. The predicted molar refractivity (Wildman–Crippen MR) is 112 cm³/mol. The first-order valence-corrected chi connectivity index (χ1v) is 11.6. The number of carbonyl (C=O) groups excluding carboxylic acids is 3. The lowest BCUT2D eigenvalue weighted by Gasteiger charge is -2.39. The summed E-state index contributed by atoms with van der Waals surface area (Å²) in [6, 6.07) is -0.641. The molecule has 11 heteroatoms. The lowest BCUT2D eigenvalue weighted by Crippen LogP contribution is -2.49. The van der Waals surface area contributed by atoms with Crippen molar-refractivity contribution in [3.8, 4) is 0 Å². The van der Waals surface area contributed by atoms with Crippen LogP contribution in [0.25, 0.3) is 0 Å². The zero-order chi connectivity index (χ0) is 26.1. The summed E-state index contributed by atoms with van der Waals surface area (Å²) in [7, 11) is 0. The highest BCUT2D eigenvalue weighted by molar-refractivity contribution is 5.96. The highest BCUT2D eigenvalue weighted by Gasteiger charge is 2.51. The van der Waals surface area contributed by atoms with E-state index >= 15 is 0 Å². The lowest BCUT2D eigenvalue weighted by molar-refractivity contribution is -0.170. The Morgan fingerprint density at radius 2 is 1.74 bits per heavy atom. The molecule has 0 radical (unpaired) electrons. The Balaban J connectivity index is 2.37. The molecule has 0 N–H and O–H groups in total. The van der Waals surface area contributed by atoms with Crippen LogP contribution in [0.5, 0.6) is 0 Å². The van der Waals surface area contributed by atoms with Gasteiger partial charge in [0.1, 0.15) is 12.2 Å². The van der Waals surface area contributed by atoms with Crippen molar-refractivity contribution in [1.29, 1.82) is 0 Å². The predicted octanol–water partition coefficient (Wildman–Crippen LogP) is 5.73. The standard InChI is InChI=1S/C23H34F5NO5/c1-13(2)17-12-33-20(32)29(17)18(30)15(7-6-8-23(26,27)28)16(19(31)34-21(3,4)5)9-14-10-22(24,25)11-14/h13-17H,6-12H2,1-5H3/t15-,16+,17-/m1/s1. The summed E-state index contributed by atoms with van der Waals surface area (Å²) in [6.45, 7) is 8.22. The molecule has 196 valence electrons. The fraction of sp³-hybridized carbons (Fsp3) is 0.870. The molecule has 2 fully saturated rings. The molecule has 0 unspecified atom stereocenters. The highest BCUT2D eigenvalue weighted by atomic mass is 19.4. The molecular formula is C23H34F5NO5. The summed E-state index contributed by atoms with van der Waals surface area (Å²) in [5.41, 5.74) is -0.967. The number of halogens is 5. The minimum Gasteiger partial charge on any atom is -0.460 e. The number of cyclic esters (lactones) is 1. The van der Waals surface area contributed by atoms with E-state index in [4.69, 9.17) is 9.47 Å². The van der Waals surface area contributed by atoms with Gasteiger partial charge in [-0.05, 0) is 51.9 Å². The topological polar surface area (TPSA) is 72.9 Å². The van der Waals surface area contributed by atoms with Crippen LogP contribution >= 0.6 is 0 Å². The van der Waals surface area contributed by atoms with Crippen molar-refractivity contribution in [3.05, 3.63) is 0 Å². The van der Waals surface area contributed by atoms with Gasteiger partial charge in [-0.15, -0.1) is 0 Å².